The largest absolute Gasteiger partial charge is 0.391 e. The van der Waals surface area contributed by atoms with Crippen LogP contribution in [0.15, 0.2) is 31.1 Å². The van der Waals surface area contributed by atoms with E-state index < -0.39 is 6.10 Å². The van der Waals surface area contributed by atoms with Gasteiger partial charge in [0.2, 0.25) is 0 Å². The first kappa shape index (κ1) is 13.5. The number of rotatable bonds is 4. The Morgan fingerprint density at radius 3 is 2.95 bits per heavy atom. The highest BCUT2D eigenvalue weighted by Crippen LogP contribution is 2.29. The Balaban J connectivity index is 1.65. The van der Waals surface area contributed by atoms with Gasteiger partial charge in [-0.2, -0.15) is 5.26 Å². The number of aromatic nitrogens is 4. The lowest BCUT2D eigenvalue weighted by atomic mass is 10.1. The number of aliphatic hydroxyl groups excluding tert-OH is 1. The Kier molecular flexibility index (Phi) is 3.79. The van der Waals surface area contributed by atoms with Gasteiger partial charge in [-0.25, -0.2) is 15.0 Å². The maximum absolute atomic E-state index is 10.2. The third kappa shape index (κ3) is 3.01. The van der Waals surface area contributed by atoms with Crippen LogP contribution in [0.2, 0.25) is 0 Å². The molecule has 0 aliphatic heterocycles. The molecule has 0 saturated heterocycles. The zero-order valence-electron chi connectivity index (χ0n) is 11.4. The highest BCUT2D eigenvalue weighted by molar-refractivity contribution is 5.47. The third-order valence-electron chi connectivity index (χ3n) is 3.78. The van der Waals surface area contributed by atoms with E-state index in [2.05, 4.69) is 20.3 Å². The zero-order chi connectivity index (χ0) is 14.7. The lowest BCUT2D eigenvalue weighted by Gasteiger charge is -2.17. The molecule has 3 atom stereocenters. The molecule has 7 heteroatoms. The van der Waals surface area contributed by atoms with Gasteiger partial charge < -0.3 is 15.0 Å². The van der Waals surface area contributed by atoms with Gasteiger partial charge in [0.15, 0.2) is 11.5 Å². The first-order valence-corrected chi connectivity index (χ1v) is 6.87. The van der Waals surface area contributed by atoms with Crippen molar-refractivity contribution in [1.82, 2.24) is 19.5 Å². The second kappa shape index (κ2) is 5.89. The van der Waals surface area contributed by atoms with E-state index in [0.29, 0.717) is 11.7 Å². The third-order valence-corrected chi connectivity index (χ3v) is 3.78. The zero-order valence-corrected chi connectivity index (χ0v) is 11.4. The molecule has 0 aromatic carbocycles. The van der Waals surface area contributed by atoms with E-state index in [1.54, 1.807) is 12.5 Å². The molecule has 1 aliphatic rings. The Morgan fingerprint density at radius 1 is 1.33 bits per heavy atom. The standard InChI is InChI=1S/C14H16N6O/c15-7-12-14(18-2-1-17-12)19-11-5-10(6-13(11)21)8-20-4-3-16-9-20/h1-4,9-11,13,21H,5-6,8H2,(H,18,19)/t10?,11-,13-/m1/s1. The van der Waals surface area contributed by atoms with E-state index in [4.69, 9.17) is 5.26 Å². The smallest absolute Gasteiger partial charge is 0.182 e. The van der Waals surface area contributed by atoms with Crippen LogP contribution in [0, 0.1) is 17.2 Å². The van der Waals surface area contributed by atoms with Gasteiger partial charge in [0, 0.05) is 31.3 Å². The van der Waals surface area contributed by atoms with Gasteiger partial charge >= 0.3 is 0 Å². The summed E-state index contributed by atoms with van der Waals surface area (Å²) in [5.41, 5.74) is 0.253. The SMILES string of the molecule is N#Cc1nccnc1N[C@@H]1CC(Cn2ccnc2)C[C@H]1O. The molecule has 0 amide bonds. The van der Waals surface area contributed by atoms with E-state index >= 15 is 0 Å². The molecule has 1 fully saturated rings. The predicted octanol–water partition coefficient (Wildman–Crippen LogP) is 0.796. The van der Waals surface area contributed by atoms with Crippen molar-refractivity contribution in [3.8, 4) is 6.07 Å². The fourth-order valence-corrected chi connectivity index (χ4v) is 2.82. The fourth-order valence-electron chi connectivity index (χ4n) is 2.82. The van der Waals surface area contributed by atoms with Crippen molar-refractivity contribution in [1.29, 1.82) is 5.26 Å². The van der Waals surface area contributed by atoms with E-state index in [0.717, 1.165) is 19.4 Å². The molecule has 2 aromatic rings. The molecule has 108 valence electrons. The van der Waals surface area contributed by atoms with Crippen LogP contribution in [0.1, 0.15) is 18.5 Å². The van der Waals surface area contributed by atoms with E-state index in [1.807, 2.05) is 16.8 Å². The minimum atomic E-state index is -0.452. The van der Waals surface area contributed by atoms with Gasteiger partial charge in [0.05, 0.1) is 18.5 Å². The summed E-state index contributed by atoms with van der Waals surface area (Å²) in [6.07, 6.45) is 9.56. The minimum Gasteiger partial charge on any atom is -0.391 e. The first-order chi connectivity index (χ1) is 10.3. The number of hydrogen-bond donors (Lipinski definition) is 2. The van der Waals surface area contributed by atoms with Crippen molar-refractivity contribution in [3.05, 3.63) is 36.8 Å². The molecular weight excluding hydrogens is 268 g/mol. The number of imidazole rings is 1. The highest BCUT2D eigenvalue weighted by Gasteiger charge is 2.33. The van der Waals surface area contributed by atoms with Crippen LogP contribution < -0.4 is 5.32 Å². The van der Waals surface area contributed by atoms with E-state index in [9.17, 15) is 5.11 Å². The van der Waals surface area contributed by atoms with Gasteiger partial charge in [0.1, 0.15) is 6.07 Å². The van der Waals surface area contributed by atoms with Gasteiger partial charge in [-0.1, -0.05) is 0 Å². The lowest BCUT2D eigenvalue weighted by molar-refractivity contribution is 0.166. The molecule has 1 saturated carbocycles. The Bertz CT molecular complexity index is 635. The first-order valence-electron chi connectivity index (χ1n) is 6.87. The van der Waals surface area contributed by atoms with Crippen molar-refractivity contribution < 1.29 is 5.11 Å². The molecular formula is C14H16N6O. The van der Waals surface area contributed by atoms with Crippen LogP contribution in [0.5, 0.6) is 0 Å². The van der Waals surface area contributed by atoms with Crippen molar-refractivity contribution >= 4 is 5.82 Å². The summed E-state index contributed by atoms with van der Waals surface area (Å²) in [7, 11) is 0. The summed E-state index contributed by atoms with van der Waals surface area (Å²) in [5.74, 6) is 0.807. The molecule has 2 aromatic heterocycles. The van der Waals surface area contributed by atoms with Crippen molar-refractivity contribution in [3.63, 3.8) is 0 Å². The molecule has 1 aliphatic carbocycles. The van der Waals surface area contributed by atoms with Crippen molar-refractivity contribution in [2.24, 2.45) is 5.92 Å². The fraction of sp³-hybridized carbons (Fsp3) is 0.429. The lowest BCUT2D eigenvalue weighted by Crippen LogP contribution is -2.28. The van der Waals surface area contributed by atoms with Crippen molar-refractivity contribution in [2.45, 2.75) is 31.5 Å². The van der Waals surface area contributed by atoms with Gasteiger partial charge in [-0.05, 0) is 18.8 Å². The quantitative estimate of drug-likeness (QED) is 0.861. The molecule has 0 spiro atoms. The Labute approximate surface area is 122 Å². The predicted molar refractivity (Wildman–Crippen MR) is 75.1 cm³/mol. The molecule has 3 rings (SSSR count). The average Bonchev–Trinajstić information content (AvgIpc) is 3.11. The number of hydrogen-bond acceptors (Lipinski definition) is 6. The van der Waals surface area contributed by atoms with Gasteiger partial charge in [-0.15, -0.1) is 0 Å². The van der Waals surface area contributed by atoms with Crippen LogP contribution in [0.4, 0.5) is 5.82 Å². The second-order valence-electron chi connectivity index (χ2n) is 5.28. The molecule has 2 heterocycles. The summed E-state index contributed by atoms with van der Waals surface area (Å²) < 4.78 is 2.02. The summed E-state index contributed by atoms with van der Waals surface area (Å²) >= 11 is 0. The summed E-state index contributed by atoms with van der Waals surface area (Å²) in [5, 5.41) is 22.4. The Hall–Kier alpha value is -2.46. The van der Waals surface area contributed by atoms with E-state index in [-0.39, 0.29) is 11.7 Å². The van der Waals surface area contributed by atoms with Crippen LogP contribution in [0.3, 0.4) is 0 Å². The number of aliphatic hydroxyl groups is 1. The van der Waals surface area contributed by atoms with E-state index in [1.165, 1.54) is 12.4 Å². The second-order valence-corrected chi connectivity index (χ2v) is 5.28. The van der Waals surface area contributed by atoms with Crippen LogP contribution in [-0.4, -0.2) is 36.8 Å². The monoisotopic (exact) mass is 284 g/mol. The molecule has 1 unspecified atom stereocenters. The number of nitrogens with zero attached hydrogens (tertiary/aromatic N) is 5. The number of nitrogens with one attached hydrogen (secondary N) is 1. The van der Waals surface area contributed by atoms with Gasteiger partial charge in [-0.3, -0.25) is 0 Å². The number of anilines is 1. The summed E-state index contributed by atoms with van der Waals surface area (Å²) in [4.78, 5) is 12.1. The average molecular weight is 284 g/mol. The highest BCUT2D eigenvalue weighted by atomic mass is 16.3. The van der Waals surface area contributed by atoms with Crippen LogP contribution >= 0.6 is 0 Å². The molecule has 7 nitrogen and oxygen atoms in total. The maximum Gasteiger partial charge on any atom is 0.182 e. The summed E-state index contributed by atoms with van der Waals surface area (Å²) in [6, 6.07) is 1.89. The van der Waals surface area contributed by atoms with Crippen LogP contribution in [-0.2, 0) is 6.54 Å². The molecule has 0 bridgehead atoms. The van der Waals surface area contributed by atoms with Crippen molar-refractivity contribution in [2.75, 3.05) is 5.32 Å². The molecule has 21 heavy (non-hydrogen) atoms. The van der Waals surface area contributed by atoms with Gasteiger partial charge in [0.25, 0.3) is 0 Å². The topological polar surface area (TPSA) is 99.7 Å². The molecule has 2 N–H and O–H groups in total. The summed E-state index contributed by atoms with van der Waals surface area (Å²) in [6.45, 7) is 0.834. The number of nitriles is 1. The molecule has 0 radical (unpaired) electrons. The maximum atomic E-state index is 10.2. The Morgan fingerprint density at radius 2 is 2.19 bits per heavy atom. The normalized spacial score (nSPS) is 24.7. The van der Waals surface area contributed by atoms with Crippen LogP contribution in [0.25, 0.3) is 0 Å². The minimum absolute atomic E-state index is 0.109.